The van der Waals surface area contributed by atoms with Crippen molar-refractivity contribution in [3.63, 3.8) is 0 Å². The van der Waals surface area contributed by atoms with Gasteiger partial charge < -0.3 is 15.1 Å². The first-order valence-corrected chi connectivity index (χ1v) is 7.81. The van der Waals surface area contributed by atoms with E-state index in [0.29, 0.717) is 6.04 Å². The number of nitrogens with one attached hydrogen (secondary N) is 1. The summed E-state index contributed by atoms with van der Waals surface area (Å²) in [6.45, 7) is 6.79. The van der Waals surface area contributed by atoms with Crippen molar-refractivity contribution in [3.8, 4) is 0 Å². The van der Waals surface area contributed by atoms with E-state index < -0.39 is 0 Å². The van der Waals surface area contributed by atoms with Crippen LogP contribution in [0.15, 0.2) is 22.7 Å². The first-order chi connectivity index (χ1) is 9.11. The van der Waals surface area contributed by atoms with Gasteiger partial charge in [0.05, 0.1) is 0 Å². The predicted molar refractivity (Wildman–Crippen MR) is 85.9 cm³/mol. The van der Waals surface area contributed by atoms with Gasteiger partial charge in [-0.2, -0.15) is 0 Å². The minimum Gasteiger partial charge on any atom is -0.370 e. The van der Waals surface area contributed by atoms with Gasteiger partial charge in [-0.3, -0.25) is 0 Å². The Kier molecular flexibility index (Phi) is 5.25. The van der Waals surface area contributed by atoms with Crippen LogP contribution in [0.1, 0.15) is 24.9 Å². The molecule has 4 heteroatoms. The molecule has 3 nitrogen and oxygen atoms in total. The van der Waals surface area contributed by atoms with E-state index in [9.17, 15) is 0 Å². The number of benzene rings is 1. The largest absolute Gasteiger partial charge is 0.370 e. The van der Waals surface area contributed by atoms with Gasteiger partial charge in [0.25, 0.3) is 0 Å². The van der Waals surface area contributed by atoms with Crippen LogP contribution >= 0.6 is 15.9 Å². The van der Waals surface area contributed by atoms with Crippen LogP contribution < -0.4 is 10.2 Å². The van der Waals surface area contributed by atoms with Gasteiger partial charge in [-0.25, -0.2) is 0 Å². The molecule has 0 radical (unpaired) electrons. The predicted octanol–water partition coefficient (Wildman–Crippen LogP) is 2.87. The van der Waals surface area contributed by atoms with Crippen molar-refractivity contribution < 1.29 is 0 Å². The van der Waals surface area contributed by atoms with Crippen molar-refractivity contribution in [3.05, 3.63) is 28.2 Å². The van der Waals surface area contributed by atoms with Gasteiger partial charge in [-0.15, -0.1) is 0 Å². The van der Waals surface area contributed by atoms with E-state index >= 15 is 0 Å². The molecule has 0 spiro atoms. The van der Waals surface area contributed by atoms with E-state index in [0.717, 1.165) is 19.6 Å². The Bertz CT molecular complexity index is 422. The second-order valence-corrected chi connectivity index (χ2v) is 6.21. The molecule has 0 amide bonds. The Labute approximate surface area is 125 Å². The van der Waals surface area contributed by atoms with E-state index in [1.54, 1.807) is 0 Å². The average molecular weight is 326 g/mol. The lowest BCUT2D eigenvalue weighted by Crippen LogP contribution is -2.28. The first kappa shape index (κ1) is 14.8. The molecule has 1 fully saturated rings. The fourth-order valence-corrected chi connectivity index (χ4v) is 3.23. The van der Waals surface area contributed by atoms with Crippen molar-refractivity contribution in [1.82, 2.24) is 10.2 Å². The molecular weight excluding hydrogens is 302 g/mol. The summed E-state index contributed by atoms with van der Waals surface area (Å²) in [6.07, 6.45) is 1.24. The highest BCUT2D eigenvalue weighted by atomic mass is 79.9. The summed E-state index contributed by atoms with van der Waals surface area (Å²) in [5, 5.41) is 3.29. The summed E-state index contributed by atoms with van der Waals surface area (Å²) < 4.78 is 1.20. The summed E-state index contributed by atoms with van der Waals surface area (Å²) in [6, 6.07) is 7.11. The Morgan fingerprint density at radius 1 is 1.21 bits per heavy atom. The molecule has 1 heterocycles. The molecule has 2 rings (SSSR count). The van der Waals surface area contributed by atoms with Gasteiger partial charge in [0.15, 0.2) is 0 Å². The standard InChI is InChI=1S/C15H24BrN3/c1-12(17-2)14-6-5-13(11-15(14)16)19-8-4-7-18(3)9-10-19/h5-6,11-12,17H,4,7-10H2,1-3H3. The number of likely N-dealkylation sites (N-methyl/N-ethyl adjacent to an activating group) is 1. The molecule has 1 saturated heterocycles. The Balaban J connectivity index is 2.15. The number of hydrogen-bond donors (Lipinski definition) is 1. The molecule has 0 aromatic heterocycles. The molecule has 1 N–H and O–H groups in total. The molecule has 0 bridgehead atoms. The maximum Gasteiger partial charge on any atom is 0.0378 e. The highest BCUT2D eigenvalue weighted by Crippen LogP contribution is 2.28. The molecule has 106 valence electrons. The molecular formula is C15H24BrN3. The van der Waals surface area contributed by atoms with Gasteiger partial charge in [0.2, 0.25) is 0 Å². The molecule has 1 aromatic rings. The average Bonchev–Trinajstić information content (AvgIpc) is 2.62. The van der Waals surface area contributed by atoms with E-state index in [1.165, 1.54) is 28.7 Å². The highest BCUT2D eigenvalue weighted by Gasteiger charge is 2.14. The first-order valence-electron chi connectivity index (χ1n) is 7.02. The maximum absolute atomic E-state index is 3.71. The van der Waals surface area contributed by atoms with E-state index in [-0.39, 0.29) is 0 Å². The van der Waals surface area contributed by atoms with Crippen LogP contribution in [-0.2, 0) is 0 Å². The Hall–Kier alpha value is -0.580. The lowest BCUT2D eigenvalue weighted by atomic mass is 10.1. The highest BCUT2D eigenvalue weighted by molar-refractivity contribution is 9.10. The Morgan fingerprint density at radius 2 is 2.00 bits per heavy atom. The van der Waals surface area contributed by atoms with E-state index in [2.05, 4.69) is 63.2 Å². The summed E-state index contributed by atoms with van der Waals surface area (Å²) in [7, 11) is 4.20. The van der Waals surface area contributed by atoms with Crippen LogP contribution in [0.2, 0.25) is 0 Å². The molecule has 1 unspecified atom stereocenters. The van der Waals surface area contributed by atoms with Crippen molar-refractivity contribution in [1.29, 1.82) is 0 Å². The summed E-state index contributed by atoms with van der Waals surface area (Å²) in [5.41, 5.74) is 2.65. The van der Waals surface area contributed by atoms with Crippen LogP contribution in [-0.4, -0.2) is 45.2 Å². The minimum atomic E-state index is 0.374. The van der Waals surface area contributed by atoms with Crippen molar-refractivity contribution in [2.75, 3.05) is 45.2 Å². The molecule has 1 aliphatic rings. The lowest BCUT2D eigenvalue weighted by molar-refractivity contribution is 0.360. The molecule has 1 aromatic carbocycles. The fourth-order valence-electron chi connectivity index (χ4n) is 2.52. The smallest absolute Gasteiger partial charge is 0.0378 e. The SMILES string of the molecule is CNC(C)c1ccc(N2CCCN(C)CC2)cc1Br. The summed E-state index contributed by atoms with van der Waals surface area (Å²) >= 11 is 3.71. The number of anilines is 1. The third kappa shape index (κ3) is 3.71. The van der Waals surface area contributed by atoms with Crippen LogP contribution in [0.5, 0.6) is 0 Å². The van der Waals surface area contributed by atoms with Crippen LogP contribution in [0.25, 0.3) is 0 Å². The van der Waals surface area contributed by atoms with Crippen LogP contribution in [0.4, 0.5) is 5.69 Å². The normalized spacial score (nSPS) is 19.3. The van der Waals surface area contributed by atoms with Crippen molar-refractivity contribution in [2.45, 2.75) is 19.4 Å². The lowest BCUT2D eigenvalue weighted by Gasteiger charge is -2.24. The minimum absolute atomic E-state index is 0.374. The summed E-state index contributed by atoms with van der Waals surface area (Å²) in [5.74, 6) is 0. The van der Waals surface area contributed by atoms with Gasteiger partial charge in [-0.05, 0) is 51.7 Å². The maximum atomic E-state index is 3.71. The molecule has 0 aliphatic carbocycles. The van der Waals surface area contributed by atoms with Gasteiger partial charge in [0.1, 0.15) is 0 Å². The quantitative estimate of drug-likeness (QED) is 0.921. The van der Waals surface area contributed by atoms with Crippen molar-refractivity contribution in [2.24, 2.45) is 0 Å². The van der Waals surface area contributed by atoms with Gasteiger partial charge in [0, 0.05) is 35.8 Å². The zero-order chi connectivity index (χ0) is 13.8. The number of hydrogen-bond acceptors (Lipinski definition) is 3. The molecule has 1 atom stereocenters. The molecule has 0 saturated carbocycles. The number of halogens is 1. The van der Waals surface area contributed by atoms with Crippen molar-refractivity contribution >= 4 is 21.6 Å². The zero-order valence-corrected chi connectivity index (χ0v) is 13.7. The van der Waals surface area contributed by atoms with Crippen LogP contribution in [0.3, 0.4) is 0 Å². The van der Waals surface area contributed by atoms with Gasteiger partial charge in [-0.1, -0.05) is 22.0 Å². The Morgan fingerprint density at radius 3 is 2.68 bits per heavy atom. The number of rotatable bonds is 3. The third-order valence-electron chi connectivity index (χ3n) is 3.97. The third-order valence-corrected chi connectivity index (χ3v) is 4.65. The second-order valence-electron chi connectivity index (χ2n) is 5.36. The van der Waals surface area contributed by atoms with Gasteiger partial charge >= 0.3 is 0 Å². The van der Waals surface area contributed by atoms with Crippen LogP contribution in [0, 0.1) is 0 Å². The molecule has 1 aliphatic heterocycles. The monoisotopic (exact) mass is 325 g/mol. The zero-order valence-electron chi connectivity index (χ0n) is 12.1. The second kappa shape index (κ2) is 6.73. The topological polar surface area (TPSA) is 18.5 Å². The van der Waals surface area contributed by atoms with E-state index in [4.69, 9.17) is 0 Å². The number of nitrogens with zero attached hydrogens (tertiary/aromatic N) is 2. The van der Waals surface area contributed by atoms with E-state index in [1.807, 2.05) is 7.05 Å². The summed E-state index contributed by atoms with van der Waals surface area (Å²) in [4.78, 5) is 4.90. The molecule has 19 heavy (non-hydrogen) atoms. The fraction of sp³-hybridized carbons (Fsp3) is 0.600.